The molecule has 0 aromatic heterocycles. The molecular weight excluding hydrogens is 331 g/mol. The summed E-state index contributed by atoms with van der Waals surface area (Å²) in [7, 11) is 1.54. The Labute approximate surface area is 144 Å². The Morgan fingerprint density at radius 1 is 1.48 bits per heavy atom. The number of cyclic esters (lactones) is 1. The molecule has 0 aliphatic carbocycles. The van der Waals surface area contributed by atoms with Crippen LogP contribution in [0.2, 0.25) is 0 Å². The van der Waals surface area contributed by atoms with Crippen LogP contribution in [-0.2, 0) is 9.53 Å². The zero-order valence-electron chi connectivity index (χ0n) is 14.0. The first kappa shape index (κ1) is 17.0. The van der Waals surface area contributed by atoms with Crippen molar-refractivity contribution in [3.05, 3.63) is 24.0 Å². The Kier molecular flexibility index (Phi) is 4.47. The van der Waals surface area contributed by atoms with E-state index in [0.717, 1.165) is 0 Å². The van der Waals surface area contributed by atoms with Gasteiger partial charge in [0.25, 0.3) is 0 Å². The maximum absolute atomic E-state index is 14.5. The maximum atomic E-state index is 14.5. The molecule has 0 bridgehead atoms. The highest BCUT2D eigenvalue weighted by Gasteiger charge is 2.36. The second kappa shape index (κ2) is 6.58. The molecule has 9 heteroatoms. The summed E-state index contributed by atoms with van der Waals surface area (Å²) in [6, 6.07) is 4.48. The van der Waals surface area contributed by atoms with Crippen LogP contribution in [-0.4, -0.2) is 60.7 Å². The summed E-state index contributed by atoms with van der Waals surface area (Å²) in [4.78, 5) is 27.8. The average Bonchev–Trinajstić information content (AvgIpc) is 3.20. The number of anilines is 2. The van der Waals surface area contributed by atoms with Gasteiger partial charge in [0, 0.05) is 26.9 Å². The van der Waals surface area contributed by atoms with Crippen molar-refractivity contribution in [3.63, 3.8) is 0 Å². The molecule has 0 saturated carbocycles. The number of carbonyl (C=O) groups is 2. The fourth-order valence-electron chi connectivity index (χ4n) is 2.91. The van der Waals surface area contributed by atoms with Crippen LogP contribution in [0.1, 0.15) is 13.3 Å². The first-order chi connectivity index (χ1) is 11.9. The van der Waals surface area contributed by atoms with Crippen molar-refractivity contribution >= 4 is 29.1 Å². The van der Waals surface area contributed by atoms with Crippen LogP contribution in [0.5, 0.6) is 0 Å². The second-order valence-electron chi connectivity index (χ2n) is 6.05. The standard InChI is InChI=1S/C16H19FN4O4/c1-10(22)19(2)15-9-21(16(23)25-15)12-3-4-14(13(17)7-12)20-6-5-11(8-20)18-24/h3-4,7,15,24H,5-6,8-9H2,1-2H3. The highest BCUT2D eigenvalue weighted by atomic mass is 19.1. The van der Waals surface area contributed by atoms with E-state index in [1.54, 1.807) is 24.1 Å². The van der Waals surface area contributed by atoms with E-state index < -0.39 is 18.1 Å². The SMILES string of the molecule is CC(=O)N(C)C1CN(c2ccc(N3CCC(=NO)C3)c(F)c2)C(=O)O1. The molecule has 0 radical (unpaired) electrons. The summed E-state index contributed by atoms with van der Waals surface area (Å²) in [5.74, 6) is -0.704. The van der Waals surface area contributed by atoms with Gasteiger partial charge in [0.05, 0.1) is 30.2 Å². The van der Waals surface area contributed by atoms with E-state index in [1.165, 1.54) is 22.8 Å². The lowest BCUT2D eigenvalue weighted by Crippen LogP contribution is -2.38. The Balaban J connectivity index is 1.77. The van der Waals surface area contributed by atoms with Crippen LogP contribution in [0, 0.1) is 5.82 Å². The van der Waals surface area contributed by atoms with Gasteiger partial charge in [-0.25, -0.2) is 9.18 Å². The molecule has 1 unspecified atom stereocenters. The van der Waals surface area contributed by atoms with Crippen molar-refractivity contribution in [1.29, 1.82) is 0 Å². The van der Waals surface area contributed by atoms with Gasteiger partial charge in [-0.05, 0) is 18.2 Å². The molecule has 2 fully saturated rings. The van der Waals surface area contributed by atoms with Gasteiger partial charge in [-0.3, -0.25) is 9.69 Å². The number of hydrogen-bond acceptors (Lipinski definition) is 6. The zero-order chi connectivity index (χ0) is 18.1. The van der Waals surface area contributed by atoms with E-state index >= 15 is 0 Å². The molecule has 1 atom stereocenters. The summed E-state index contributed by atoms with van der Waals surface area (Å²) >= 11 is 0. The lowest BCUT2D eigenvalue weighted by molar-refractivity contribution is -0.134. The summed E-state index contributed by atoms with van der Waals surface area (Å²) in [5.41, 5.74) is 1.34. The third-order valence-electron chi connectivity index (χ3n) is 4.49. The van der Waals surface area contributed by atoms with E-state index in [-0.39, 0.29) is 12.5 Å². The molecule has 8 nitrogen and oxygen atoms in total. The van der Waals surface area contributed by atoms with Gasteiger partial charge in [0.15, 0.2) is 6.23 Å². The number of ether oxygens (including phenoxy) is 1. The molecule has 1 N–H and O–H groups in total. The molecule has 25 heavy (non-hydrogen) atoms. The number of likely N-dealkylation sites (N-methyl/N-ethyl adjacent to an activating group) is 1. The van der Waals surface area contributed by atoms with Gasteiger partial charge in [-0.15, -0.1) is 0 Å². The van der Waals surface area contributed by atoms with Gasteiger partial charge in [-0.2, -0.15) is 0 Å². The highest BCUT2D eigenvalue weighted by molar-refractivity contribution is 5.92. The second-order valence-corrected chi connectivity index (χ2v) is 6.05. The monoisotopic (exact) mass is 350 g/mol. The lowest BCUT2D eigenvalue weighted by Gasteiger charge is -2.21. The molecule has 1 aromatic carbocycles. The molecule has 2 amide bonds. The molecule has 3 rings (SSSR count). The number of hydrogen-bond donors (Lipinski definition) is 1. The minimum Gasteiger partial charge on any atom is -0.423 e. The third-order valence-corrected chi connectivity index (χ3v) is 4.49. The molecule has 2 aliphatic heterocycles. The van der Waals surface area contributed by atoms with E-state index in [9.17, 15) is 14.0 Å². The Bertz CT molecular complexity index is 739. The van der Waals surface area contributed by atoms with Crippen molar-refractivity contribution in [1.82, 2.24) is 4.90 Å². The minimum atomic E-state index is -0.699. The molecule has 2 aliphatic rings. The summed E-state index contributed by atoms with van der Waals surface area (Å²) < 4.78 is 19.7. The number of benzene rings is 1. The molecule has 134 valence electrons. The quantitative estimate of drug-likeness (QED) is 0.661. The first-order valence-electron chi connectivity index (χ1n) is 7.86. The fourth-order valence-corrected chi connectivity index (χ4v) is 2.91. The van der Waals surface area contributed by atoms with Crippen LogP contribution in [0.25, 0.3) is 0 Å². The Hall–Kier alpha value is -2.84. The van der Waals surface area contributed by atoms with Crippen molar-refractivity contribution in [2.24, 2.45) is 5.16 Å². The van der Waals surface area contributed by atoms with Gasteiger partial charge < -0.3 is 19.7 Å². The molecule has 0 spiro atoms. The molecule has 2 heterocycles. The number of rotatable bonds is 3. The largest absolute Gasteiger partial charge is 0.423 e. The van der Waals surface area contributed by atoms with Crippen LogP contribution in [0.4, 0.5) is 20.6 Å². The third kappa shape index (κ3) is 3.21. The van der Waals surface area contributed by atoms with Crippen molar-refractivity contribution in [2.45, 2.75) is 19.6 Å². The van der Waals surface area contributed by atoms with Crippen molar-refractivity contribution in [3.8, 4) is 0 Å². The lowest BCUT2D eigenvalue weighted by atomic mass is 10.2. The van der Waals surface area contributed by atoms with Gasteiger partial charge in [0.2, 0.25) is 5.91 Å². The number of halogens is 1. The summed E-state index contributed by atoms with van der Waals surface area (Å²) in [6.07, 6.45) is -0.745. The highest BCUT2D eigenvalue weighted by Crippen LogP contribution is 2.29. The van der Waals surface area contributed by atoms with Crippen molar-refractivity contribution < 1.29 is 23.9 Å². The number of amides is 2. The normalized spacial score (nSPS) is 21.8. The van der Waals surface area contributed by atoms with E-state index in [1.807, 2.05) is 0 Å². The van der Waals surface area contributed by atoms with Crippen LogP contribution in [0.15, 0.2) is 23.4 Å². The minimum absolute atomic E-state index is 0.138. The Morgan fingerprint density at radius 3 is 2.84 bits per heavy atom. The topological polar surface area (TPSA) is 85.7 Å². The van der Waals surface area contributed by atoms with Gasteiger partial charge in [0.1, 0.15) is 5.82 Å². The Morgan fingerprint density at radius 2 is 2.24 bits per heavy atom. The number of nitrogens with zero attached hydrogens (tertiary/aromatic N) is 4. The summed E-state index contributed by atoms with van der Waals surface area (Å²) in [5, 5.41) is 12.0. The first-order valence-corrected chi connectivity index (χ1v) is 7.86. The number of oxime groups is 1. The molecule has 2 saturated heterocycles. The molecule has 1 aromatic rings. The number of carbonyl (C=O) groups excluding carboxylic acids is 2. The van der Waals surface area contributed by atoms with Crippen LogP contribution in [0.3, 0.4) is 0 Å². The smallest absolute Gasteiger partial charge is 0.416 e. The zero-order valence-corrected chi connectivity index (χ0v) is 14.0. The van der Waals surface area contributed by atoms with E-state index in [0.29, 0.717) is 36.6 Å². The van der Waals surface area contributed by atoms with Crippen molar-refractivity contribution in [2.75, 3.05) is 36.5 Å². The van der Waals surface area contributed by atoms with Crippen LogP contribution >= 0.6 is 0 Å². The predicted octanol–water partition coefficient (Wildman–Crippen LogP) is 1.63. The van der Waals surface area contributed by atoms with Gasteiger partial charge >= 0.3 is 6.09 Å². The maximum Gasteiger partial charge on any atom is 0.416 e. The van der Waals surface area contributed by atoms with E-state index in [4.69, 9.17) is 9.94 Å². The molecular formula is C16H19FN4O4. The summed E-state index contributed by atoms with van der Waals surface area (Å²) in [6.45, 7) is 2.45. The fraction of sp³-hybridized carbons (Fsp3) is 0.438. The van der Waals surface area contributed by atoms with Gasteiger partial charge in [-0.1, -0.05) is 5.16 Å². The van der Waals surface area contributed by atoms with Crippen LogP contribution < -0.4 is 9.80 Å². The predicted molar refractivity (Wildman–Crippen MR) is 88.5 cm³/mol. The van der Waals surface area contributed by atoms with E-state index in [2.05, 4.69) is 5.16 Å². The average molecular weight is 350 g/mol.